The topological polar surface area (TPSA) is 51.8 Å². The van der Waals surface area contributed by atoms with E-state index in [-0.39, 0.29) is 0 Å². The van der Waals surface area contributed by atoms with Gasteiger partial charge in [-0.05, 0) is 78.6 Å². The van der Waals surface area contributed by atoms with Gasteiger partial charge in [0.05, 0.1) is 0 Å². The van der Waals surface area contributed by atoms with E-state index in [4.69, 9.17) is 19.4 Å². The standard InChI is InChI=1S/C50H37N3OS/c1-3-14-36(15-4-1)48-51-49(37-16-5-2-6-17-37)53-50(52-48)41-24-11-18-34(30-28-33-29-31-40-39-21-8-10-27-45(39)55-46(40)32-33)38(41)23-12-19-35-20-13-26-44-47(35)42-22-7-9-25-43(42)54-44/h1-11,13-18,20-22,24-27,29,31-32H,12,19,23,28,30H2. The van der Waals surface area contributed by atoms with E-state index in [0.717, 1.165) is 60.0 Å². The monoisotopic (exact) mass is 727 g/mol. The molecule has 0 atom stereocenters. The Kier molecular flexibility index (Phi) is 8.70. The van der Waals surface area contributed by atoms with Crippen molar-refractivity contribution >= 4 is 53.4 Å². The molecule has 0 aliphatic rings. The summed E-state index contributed by atoms with van der Waals surface area (Å²) in [6.07, 6.45) is 4.66. The summed E-state index contributed by atoms with van der Waals surface area (Å²) in [4.78, 5) is 15.3. The van der Waals surface area contributed by atoms with Gasteiger partial charge in [-0.15, -0.1) is 11.3 Å². The molecule has 0 radical (unpaired) electrons. The van der Waals surface area contributed by atoms with Crippen LogP contribution < -0.4 is 0 Å². The molecule has 0 fully saturated rings. The lowest BCUT2D eigenvalue weighted by Crippen LogP contribution is -2.05. The van der Waals surface area contributed by atoms with E-state index in [0.29, 0.717) is 17.5 Å². The fraction of sp³-hybridized carbons (Fsp3) is 0.100. The molecule has 0 unspecified atom stereocenters. The molecule has 55 heavy (non-hydrogen) atoms. The van der Waals surface area contributed by atoms with E-state index >= 15 is 0 Å². The molecule has 264 valence electrons. The minimum atomic E-state index is 0.677. The minimum absolute atomic E-state index is 0.677. The molecule has 0 N–H and O–H groups in total. The minimum Gasteiger partial charge on any atom is -0.456 e. The first kappa shape index (κ1) is 33.2. The van der Waals surface area contributed by atoms with Crippen LogP contribution >= 0.6 is 11.3 Å². The quantitative estimate of drug-likeness (QED) is 0.141. The molecule has 0 aliphatic carbocycles. The van der Waals surface area contributed by atoms with Crippen molar-refractivity contribution < 1.29 is 4.42 Å². The number of hydrogen-bond donors (Lipinski definition) is 0. The molecular formula is C50H37N3OS. The van der Waals surface area contributed by atoms with Crippen molar-refractivity contribution in [1.29, 1.82) is 0 Å². The largest absolute Gasteiger partial charge is 0.456 e. The Balaban J connectivity index is 1.04. The highest BCUT2D eigenvalue weighted by atomic mass is 32.1. The molecule has 3 heterocycles. The first-order valence-corrected chi connectivity index (χ1v) is 19.8. The van der Waals surface area contributed by atoms with Gasteiger partial charge < -0.3 is 4.42 Å². The van der Waals surface area contributed by atoms with Crippen LogP contribution in [0.15, 0.2) is 168 Å². The molecule has 7 aromatic carbocycles. The van der Waals surface area contributed by atoms with Crippen LogP contribution in [0, 0.1) is 0 Å². The van der Waals surface area contributed by atoms with E-state index in [2.05, 4.69) is 121 Å². The Bertz CT molecular complexity index is 2910. The Morgan fingerprint density at radius 2 is 1.07 bits per heavy atom. The lowest BCUT2D eigenvalue weighted by atomic mass is 9.91. The number of thiophene rings is 1. The normalized spacial score (nSPS) is 11.6. The second-order valence-corrected chi connectivity index (χ2v) is 15.2. The number of rotatable bonds is 10. The smallest absolute Gasteiger partial charge is 0.164 e. The Hall–Kier alpha value is -6.43. The zero-order valence-electron chi connectivity index (χ0n) is 30.3. The number of benzene rings is 7. The van der Waals surface area contributed by atoms with Crippen LogP contribution in [0.1, 0.15) is 28.7 Å². The summed E-state index contributed by atoms with van der Waals surface area (Å²) < 4.78 is 8.93. The molecular weight excluding hydrogens is 691 g/mol. The average molecular weight is 728 g/mol. The van der Waals surface area contributed by atoms with E-state index < -0.39 is 0 Å². The van der Waals surface area contributed by atoms with Crippen molar-refractivity contribution in [3.8, 4) is 34.2 Å². The van der Waals surface area contributed by atoms with Gasteiger partial charge in [0, 0.05) is 47.6 Å². The Labute approximate surface area is 323 Å². The first-order valence-electron chi connectivity index (χ1n) is 19.0. The van der Waals surface area contributed by atoms with E-state index in [9.17, 15) is 0 Å². The van der Waals surface area contributed by atoms with Crippen LogP contribution in [-0.4, -0.2) is 15.0 Å². The van der Waals surface area contributed by atoms with Gasteiger partial charge in [0.15, 0.2) is 17.5 Å². The Morgan fingerprint density at radius 3 is 1.87 bits per heavy atom. The van der Waals surface area contributed by atoms with Gasteiger partial charge in [-0.3, -0.25) is 0 Å². The molecule has 0 spiro atoms. The van der Waals surface area contributed by atoms with Gasteiger partial charge in [-0.25, -0.2) is 15.0 Å². The maximum absolute atomic E-state index is 6.25. The van der Waals surface area contributed by atoms with Crippen LogP contribution in [0.2, 0.25) is 0 Å². The fourth-order valence-electron chi connectivity index (χ4n) is 8.02. The summed E-state index contributed by atoms with van der Waals surface area (Å²) in [6.45, 7) is 0. The molecule has 0 amide bonds. The van der Waals surface area contributed by atoms with Gasteiger partial charge in [-0.2, -0.15) is 0 Å². The van der Waals surface area contributed by atoms with Crippen molar-refractivity contribution in [2.45, 2.75) is 32.1 Å². The maximum Gasteiger partial charge on any atom is 0.164 e. The highest BCUT2D eigenvalue weighted by Crippen LogP contribution is 2.36. The van der Waals surface area contributed by atoms with E-state index in [1.54, 1.807) is 0 Å². The molecule has 10 rings (SSSR count). The molecule has 4 nitrogen and oxygen atoms in total. The lowest BCUT2D eigenvalue weighted by Gasteiger charge is -2.16. The van der Waals surface area contributed by atoms with Gasteiger partial charge >= 0.3 is 0 Å². The lowest BCUT2D eigenvalue weighted by molar-refractivity contribution is 0.668. The van der Waals surface area contributed by atoms with Crippen LogP contribution in [0.25, 0.3) is 76.3 Å². The van der Waals surface area contributed by atoms with Crippen LogP contribution in [0.5, 0.6) is 0 Å². The predicted octanol–water partition coefficient (Wildman–Crippen LogP) is 13.1. The third-order valence-electron chi connectivity index (χ3n) is 10.7. The van der Waals surface area contributed by atoms with Crippen molar-refractivity contribution in [1.82, 2.24) is 15.0 Å². The van der Waals surface area contributed by atoms with Crippen LogP contribution in [0.4, 0.5) is 0 Å². The third kappa shape index (κ3) is 6.47. The first-order chi connectivity index (χ1) is 27.2. The van der Waals surface area contributed by atoms with Gasteiger partial charge in [0.2, 0.25) is 0 Å². The fourth-order valence-corrected chi connectivity index (χ4v) is 9.19. The van der Waals surface area contributed by atoms with Gasteiger partial charge in [0.1, 0.15) is 11.2 Å². The van der Waals surface area contributed by atoms with Crippen molar-refractivity contribution in [2.24, 2.45) is 0 Å². The number of fused-ring (bicyclic) bond motifs is 6. The number of nitrogens with zero attached hydrogens (tertiary/aromatic N) is 3. The molecule has 10 aromatic rings. The number of para-hydroxylation sites is 1. The molecule has 3 aromatic heterocycles. The number of aryl methyl sites for hydroxylation is 3. The SMILES string of the molecule is c1ccc(-c2nc(-c3ccccc3)nc(-c3cccc(CCc4ccc5c(c4)sc4ccccc45)c3CCCc3cccc4oc5ccccc5c34)n2)cc1. The molecule has 5 heteroatoms. The van der Waals surface area contributed by atoms with Crippen LogP contribution in [-0.2, 0) is 25.7 Å². The number of furan rings is 1. The number of hydrogen-bond acceptors (Lipinski definition) is 5. The molecule has 0 aliphatic heterocycles. The van der Waals surface area contributed by atoms with Gasteiger partial charge in [0.25, 0.3) is 0 Å². The summed E-state index contributed by atoms with van der Waals surface area (Å²) in [5.41, 5.74) is 10.2. The van der Waals surface area contributed by atoms with Crippen LogP contribution in [0.3, 0.4) is 0 Å². The predicted molar refractivity (Wildman–Crippen MR) is 229 cm³/mol. The third-order valence-corrected chi connectivity index (χ3v) is 11.8. The summed E-state index contributed by atoms with van der Waals surface area (Å²) in [5.74, 6) is 2.06. The summed E-state index contributed by atoms with van der Waals surface area (Å²) in [6, 6.07) is 57.7. The zero-order valence-corrected chi connectivity index (χ0v) is 31.1. The van der Waals surface area contributed by atoms with Crippen molar-refractivity contribution in [3.63, 3.8) is 0 Å². The second kappa shape index (κ2) is 14.4. The highest BCUT2D eigenvalue weighted by Gasteiger charge is 2.18. The van der Waals surface area contributed by atoms with Gasteiger partial charge in [-0.1, -0.05) is 140 Å². The Morgan fingerprint density at radius 1 is 0.436 bits per heavy atom. The summed E-state index contributed by atoms with van der Waals surface area (Å²) >= 11 is 1.88. The van der Waals surface area contributed by atoms with E-state index in [1.807, 2.05) is 53.8 Å². The second-order valence-electron chi connectivity index (χ2n) is 14.2. The molecule has 0 saturated heterocycles. The van der Waals surface area contributed by atoms with Crippen molar-refractivity contribution in [3.05, 3.63) is 186 Å². The summed E-state index contributed by atoms with van der Waals surface area (Å²) in [7, 11) is 0. The number of aromatic nitrogens is 3. The molecule has 0 saturated carbocycles. The maximum atomic E-state index is 6.25. The zero-order chi connectivity index (χ0) is 36.6. The highest BCUT2D eigenvalue weighted by molar-refractivity contribution is 7.25. The average Bonchev–Trinajstić information content (AvgIpc) is 3.82. The summed E-state index contributed by atoms with van der Waals surface area (Å²) in [5, 5.41) is 5.08. The molecule has 0 bridgehead atoms. The van der Waals surface area contributed by atoms with E-state index in [1.165, 1.54) is 53.2 Å². The van der Waals surface area contributed by atoms with Crippen molar-refractivity contribution in [2.75, 3.05) is 0 Å².